The molecule has 0 saturated heterocycles. The van der Waals surface area contributed by atoms with E-state index in [-0.39, 0.29) is 5.97 Å². The van der Waals surface area contributed by atoms with E-state index in [1.54, 1.807) is 0 Å². The maximum absolute atomic E-state index is 11.9. The van der Waals surface area contributed by atoms with Crippen LogP contribution in [0.25, 0.3) is 0 Å². The highest BCUT2D eigenvalue weighted by molar-refractivity contribution is 5.69. The molecule has 0 aliphatic heterocycles. The second-order valence-electron chi connectivity index (χ2n) is 12.0. The fourth-order valence-electron chi connectivity index (χ4n) is 5.14. The molecule has 0 aliphatic rings. The van der Waals surface area contributed by atoms with Gasteiger partial charge in [-0.2, -0.15) is 0 Å². The molecule has 216 valence electrons. The number of esters is 1. The molecular weight excluding hydrogens is 440 g/mol. The number of carbonyl (C=O) groups excluding carboxylic acids is 1. The van der Waals surface area contributed by atoms with Gasteiger partial charge in [0.15, 0.2) is 0 Å². The van der Waals surface area contributed by atoms with Gasteiger partial charge in [-0.3, -0.25) is 4.79 Å². The number of ether oxygens (including phenoxy) is 1. The Balaban J connectivity index is 3.15. The molecule has 0 aromatic rings. The summed E-state index contributed by atoms with van der Waals surface area (Å²) in [5.74, 6) is 0.892. The Morgan fingerprint density at radius 2 is 0.806 bits per heavy atom. The number of hydrogen-bond donors (Lipinski definition) is 0. The lowest BCUT2D eigenvalue weighted by Crippen LogP contribution is -2.05. The quantitative estimate of drug-likeness (QED) is 0.0712. The van der Waals surface area contributed by atoms with E-state index in [1.165, 1.54) is 161 Å². The monoisotopic (exact) mass is 509 g/mol. The predicted molar refractivity (Wildman–Crippen MR) is 161 cm³/mol. The molecule has 2 nitrogen and oxygen atoms in total. The minimum absolute atomic E-state index is 0.0258. The Hall–Kier alpha value is -0.530. The van der Waals surface area contributed by atoms with Crippen LogP contribution in [0, 0.1) is 5.92 Å². The Labute approximate surface area is 228 Å². The first-order chi connectivity index (χ1) is 17.7. The first kappa shape index (κ1) is 35.5. The van der Waals surface area contributed by atoms with Crippen LogP contribution in [0.2, 0.25) is 0 Å². The molecule has 0 atom stereocenters. The molecule has 2 heteroatoms. The highest BCUT2D eigenvalue weighted by atomic mass is 16.5. The van der Waals surface area contributed by atoms with Crippen LogP contribution in [0.4, 0.5) is 0 Å². The van der Waals surface area contributed by atoms with E-state index in [1.807, 2.05) is 0 Å². The lowest BCUT2D eigenvalue weighted by atomic mass is 10.0. The van der Waals surface area contributed by atoms with Crippen LogP contribution in [-0.4, -0.2) is 12.6 Å². The third-order valence-corrected chi connectivity index (χ3v) is 7.67. The molecule has 0 spiro atoms. The summed E-state index contributed by atoms with van der Waals surface area (Å²) in [6.45, 7) is 7.57. The second kappa shape index (κ2) is 30.7. The molecule has 0 fully saturated rings. The van der Waals surface area contributed by atoms with Crippen LogP contribution in [-0.2, 0) is 9.53 Å². The van der Waals surface area contributed by atoms with Gasteiger partial charge in [-0.1, -0.05) is 181 Å². The normalized spacial score (nSPS) is 11.4. The van der Waals surface area contributed by atoms with Crippen molar-refractivity contribution in [1.29, 1.82) is 0 Å². The van der Waals surface area contributed by atoms with E-state index in [4.69, 9.17) is 4.74 Å². The van der Waals surface area contributed by atoms with E-state index >= 15 is 0 Å². The van der Waals surface area contributed by atoms with Crippen LogP contribution in [0.15, 0.2) is 0 Å². The Kier molecular flexibility index (Phi) is 30.2. The third-order valence-electron chi connectivity index (χ3n) is 7.67. The summed E-state index contributed by atoms with van der Waals surface area (Å²) < 4.78 is 5.43. The van der Waals surface area contributed by atoms with E-state index in [2.05, 4.69) is 20.8 Å². The van der Waals surface area contributed by atoms with Crippen LogP contribution < -0.4 is 0 Å². The van der Waals surface area contributed by atoms with Crippen molar-refractivity contribution in [2.24, 2.45) is 5.92 Å². The fraction of sp³-hybridized carbons (Fsp3) is 0.971. The molecule has 0 heterocycles. The van der Waals surface area contributed by atoms with Gasteiger partial charge in [0, 0.05) is 6.42 Å². The van der Waals surface area contributed by atoms with Gasteiger partial charge in [-0.25, -0.2) is 0 Å². The average Bonchev–Trinajstić information content (AvgIpc) is 2.86. The largest absolute Gasteiger partial charge is 0.466 e. The molecule has 0 radical (unpaired) electrons. The minimum Gasteiger partial charge on any atom is -0.466 e. The van der Waals surface area contributed by atoms with Crippen molar-refractivity contribution in [3.05, 3.63) is 0 Å². The van der Waals surface area contributed by atoms with E-state index < -0.39 is 0 Å². The molecule has 0 aromatic carbocycles. The van der Waals surface area contributed by atoms with Crippen LogP contribution >= 0.6 is 0 Å². The van der Waals surface area contributed by atoms with E-state index in [0.717, 1.165) is 18.8 Å². The topological polar surface area (TPSA) is 26.3 Å². The molecule has 0 bridgehead atoms. The van der Waals surface area contributed by atoms with Crippen molar-refractivity contribution < 1.29 is 9.53 Å². The van der Waals surface area contributed by atoms with Gasteiger partial charge in [0.05, 0.1) is 6.61 Å². The first-order valence-electron chi connectivity index (χ1n) is 16.8. The van der Waals surface area contributed by atoms with Crippen molar-refractivity contribution in [3.8, 4) is 0 Å². The van der Waals surface area contributed by atoms with Crippen molar-refractivity contribution in [2.75, 3.05) is 6.61 Å². The lowest BCUT2D eigenvalue weighted by molar-refractivity contribution is -0.143. The summed E-state index contributed by atoms with van der Waals surface area (Å²) in [7, 11) is 0. The molecule has 0 rings (SSSR count). The van der Waals surface area contributed by atoms with Gasteiger partial charge in [-0.05, 0) is 18.8 Å². The third kappa shape index (κ3) is 31.5. The predicted octanol–water partition coefficient (Wildman–Crippen LogP) is 12.1. The zero-order valence-corrected chi connectivity index (χ0v) is 25.4. The standard InChI is InChI=1S/C34H68O2/c1-4-5-6-7-8-9-10-11-12-13-17-20-23-26-29-32-36-34(35)31-28-25-22-19-16-14-15-18-21-24-27-30-33(2)3/h33H,4-32H2,1-3H3. The average molecular weight is 509 g/mol. The highest BCUT2D eigenvalue weighted by Gasteiger charge is 2.03. The smallest absolute Gasteiger partial charge is 0.305 e. The van der Waals surface area contributed by atoms with E-state index in [9.17, 15) is 4.79 Å². The number of hydrogen-bond acceptors (Lipinski definition) is 2. The zero-order valence-electron chi connectivity index (χ0n) is 25.4. The molecule has 0 saturated carbocycles. The van der Waals surface area contributed by atoms with Gasteiger partial charge in [0.2, 0.25) is 0 Å². The summed E-state index contributed by atoms with van der Waals surface area (Å²) in [4.78, 5) is 11.9. The van der Waals surface area contributed by atoms with Crippen molar-refractivity contribution in [2.45, 2.75) is 201 Å². The summed E-state index contributed by atoms with van der Waals surface area (Å²) in [6, 6.07) is 0. The van der Waals surface area contributed by atoms with Crippen LogP contribution in [0.3, 0.4) is 0 Å². The van der Waals surface area contributed by atoms with Gasteiger partial charge >= 0.3 is 5.97 Å². The van der Waals surface area contributed by atoms with Crippen molar-refractivity contribution >= 4 is 5.97 Å². The van der Waals surface area contributed by atoms with Crippen molar-refractivity contribution in [3.63, 3.8) is 0 Å². The summed E-state index contributed by atoms with van der Waals surface area (Å²) in [5, 5.41) is 0. The molecule has 36 heavy (non-hydrogen) atoms. The SMILES string of the molecule is CCCCCCCCCCCCCCCCCOC(=O)CCCCCCCCCCCCCC(C)C. The highest BCUT2D eigenvalue weighted by Crippen LogP contribution is 2.15. The van der Waals surface area contributed by atoms with Gasteiger partial charge < -0.3 is 4.74 Å². The molecule has 0 aliphatic carbocycles. The van der Waals surface area contributed by atoms with E-state index in [0.29, 0.717) is 13.0 Å². The maximum atomic E-state index is 11.9. The van der Waals surface area contributed by atoms with Crippen LogP contribution in [0.5, 0.6) is 0 Å². The number of unbranched alkanes of at least 4 members (excludes halogenated alkanes) is 24. The molecule has 0 aromatic heterocycles. The van der Waals surface area contributed by atoms with Crippen molar-refractivity contribution in [1.82, 2.24) is 0 Å². The summed E-state index contributed by atoms with van der Waals surface area (Å²) in [5.41, 5.74) is 0. The first-order valence-corrected chi connectivity index (χ1v) is 16.8. The Bertz CT molecular complexity index is 417. The summed E-state index contributed by atoms with van der Waals surface area (Å²) in [6.07, 6.45) is 37.2. The fourth-order valence-corrected chi connectivity index (χ4v) is 5.14. The van der Waals surface area contributed by atoms with Gasteiger partial charge in [-0.15, -0.1) is 0 Å². The van der Waals surface area contributed by atoms with Gasteiger partial charge in [0.1, 0.15) is 0 Å². The molecule has 0 N–H and O–H groups in total. The summed E-state index contributed by atoms with van der Waals surface area (Å²) >= 11 is 0. The van der Waals surface area contributed by atoms with Crippen LogP contribution in [0.1, 0.15) is 201 Å². The lowest BCUT2D eigenvalue weighted by Gasteiger charge is -2.06. The molecular formula is C34H68O2. The van der Waals surface area contributed by atoms with Gasteiger partial charge in [0.25, 0.3) is 0 Å². The Morgan fingerprint density at radius 1 is 0.472 bits per heavy atom. The number of rotatable bonds is 30. The Morgan fingerprint density at radius 3 is 1.19 bits per heavy atom. The minimum atomic E-state index is 0.0258. The maximum Gasteiger partial charge on any atom is 0.305 e. The number of carbonyl (C=O) groups is 1. The molecule has 0 unspecified atom stereocenters. The molecule has 0 amide bonds. The second-order valence-corrected chi connectivity index (χ2v) is 12.0. The zero-order chi connectivity index (χ0) is 26.4.